The van der Waals surface area contributed by atoms with Crippen molar-refractivity contribution in [2.45, 2.75) is 32.4 Å². The summed E-state index contributed by atoms with van der Waals surface area (Å²) in [5.74, 6) is 1.44. The molecule has 4 rings (SSSR count). The third kappa shape index (κ3) is 4.87. The Morgan fingerprint density at radius 3 is 2.68 bits per heavy atom. The van der Waals surface area contributed by atoms with Crippen LogP contribution in [-0.2, 0) is 11.3 Å². The van der Waals surface area contributed by atoms with Crippen LogP contribution < -0.4 is 10.6 Å². The minimum absolute atomic E-state index is 0.243. The molecule has 1 saturated heterocycles. The fourth-order valence-corrected chi connectivity index (χ4v) is 3.40. The molecule has 2 heterocycles. The highest BCUT2D eigenvalue weighted by Crippen LogP contribution is 2.22. The number of aromatic nitrogens is 2. The molecule has 2 N–H and O–H groups in total. The van der Waals surface area contributed by atoms with Crippen LogP contribution in [0.15, 0.2) is 60.7 Å². The Kier molecular flexibility index (Phi) is 5.83. The van der Waals surface area contributed by atoms with Crippen LogP contribution in [-0.4, -0.2) is 29.2 Å². The van der Waals surface area contributed by atoms with E-state index >= 15 is 0 Å². The fraction of sp³-hybridized carbons (Fsp3) is 0.304. The van der Waals surface area contributed by atoms with Crippen molar-refractivity contribution in [1.29, 1.82) is 0 Å². The van der Waals surface area contributed by atoms with Crippen molar-refractivity contribution in [3.8, 4) is 11.3 Å². The lowest BCUT2D eigenvalue weighted by molar-refractivity contribution is 0.120. The van der Waals surface area contributed by atoms with Crippen molar-refractivity contribution in [3.05, 3.63) is 71.8 Å². The van der Waals surface area contributed by atoms with E-state index in [0.29, 0.717) is 5.95 Å². The van der Waals surface area contributed by atoms with Gasteiger partial charge in [-0.2, -0.15) is 4.98 Å². The van der Waals surface area contributed by atoms with E-state index in [1.165, 1.54) is 11.1 Å². The zero-order valence-electron chi connectivity index (χ0n) is 16.2. The average Bonchev–Trinajstić information content (AvgIpc) is 3.25. The van der Waals surface area contributed by atoms with E-state index in [-0.39, 0.29) is 6.10 Å². The predicted molar refractivity (Wildman–Crippen MR) is 113 cm³/mol. The van der Waals surface area contributed by atoms with E-state index < -0.39 is 0 Å². The van der Waals surface area contributed by atoms with Crippen LogP contribution in [0.5, 0.6) is 0 Å². The third-order valence-electron chi connectivity index (χ3n) is 4.86. The van der Waals surface area contributed by atoms with Crippen molar-refractivity contribution >= 4 is 11.8 Å². The summed E-state index contributed by atoms with van der Waals surface area (Å²) >= 11 is 0. The van der Waals surface area contributed by atoms with Gasteiger partial charge in [-0.15, -0.1) is 0 Å². The molecule has 1 unspecified atom stereocenters. The van der Waals surface area contributed by atoms with E-state index in [1.54, 1.807) is 0 Å². The quantitative estimate of drug-likeness (QED) is 0.630. The number of anilines is 2. The van der Waals surface area contributed by atoms with E-state index in [0.717, 1.165) is 49.6 Å². The first-order valence-electron chi connectivity index (χ1n) is 9.86. The molecule has 1 fully saturated rings. The number of benzene rings is 2. The molecule has 1 aromatic heterocycles. The number of nitrogens with one attached hydrogen (secondary N) is 2. The molecule has 1 atom stereocenters. The van der Waals surface area contributed by atoms with Gasteiger partial charge in [0.1, 0.15) is 5.82 Å². The molecular weight excluding hydrogens is 348 g/mol. The zero-order chi connectivity index (χ0) is 19.2. The molecular formula is C23H26N4O. The van der Waals surface area contributed by atoms with Crippen molar-refractivity contribution in [2.24, 2.45) is 0 Å². The Balaban J connectivity index is 1.54. The second kappa shape index (κ2) is 8.85. The monoisotopic (exact) mass is 374 g/mol. The topological polar surface area (TPSA) is 59.1 Å². The molecule has 28 heavy (non-hydrogen) atoms. The third-order valence-corrected chi connectivity index (χ3v) is 4.86. The lowest BCUT2D eigenvalue weighted by Gasteiger charge is -2.14. The molecule has 0 radical (unpaired) electrons. The summed E-state index contributed by atoms with van der Waals surface area (Å²) in [5, 5.41) is 6.80. The van der Waals surface area contributed by atoms with E-state index in [2.05, 4.69) is 58.9 Å². The average molecular weight is 374 g/mol. The molecule has 1 aliphatic heterocycles. The van der Waals surface area contributed by atoms with Crippen LogP contribution in [0.1, 0.15) is 24.0 Å². The first-order chi connectivity index (χ1) is 13.8. The molecule has 0 saturated carbocycles. The molecule has 1 aliphatic rings. The maximum absolute atomic E-state index is 5.70. The summed E-state index contributed by atoms with van der Waals surface area (Å²) in [6.07, 6.45) is 2.46. The molecule has 0 amide bonds. The lowest BCUT2D eigenvalue weighted by atomic mass is 10.1. The summed E-state index contributed by atoms with van der Waals surface area (Å²) in [5.41, 5.74) is 4.46. The van der Waals surface area contributed by atoms with Gasteiger partial charge in [0.2, 0.25) is 5.95 Å². The van der Waals surface area contributed by atoms with Crippen molar-refractivity contribution < 1.29 is 4.74 Å². The minimum atomic E-state index is 0.243. The summed E-state index contributed by atoms with van der Waals surface area (Å²) in [6.45, 7) is 4.41. The summed E-state index contributed by atoms with van der Waals surface area (Å²) in [7, 11) is 0. The number of rotatable bonds is 7. The van der Waals surface area contributed by atoms with Crippen LogP contribution in [0.25, 0.3) is 11.3 Å². The number of hydrogen-bond donors (Lipinski definition) is 2. The number of hydrogen-bond acceptors (Lipinski definition) is 5. The van der Waals surface area contributed by atoms with Crippen molar-refractivity contribution in [1.82, 2.24) is 9.97 Å². The van der Waals surface area contributed by atoms with E-state index in [4.69, 9.17) is 9.72 Å². The van der Waals surface area contributed by atoms with Gasteiger partial charge in [-0.3, -0.25) is 0 Å². The van der Waals surface area contributed by atoms with Crippen LogP contribution in [0, 0.1) is 6.92 Å². The Labute approximate surface area is 166 Å². The normalized spacial score (nSPS) is 16.1. The first-order valence-corrected chi connectivity index (χ1v) is 9.86. The van der Waals surface area contributed by atoms with Crippen molar-refractivity contribution in [3.63, 3.8) is 0 Å². The van der Waals surface area contributed by atoms with Gasteiger partial charge in [0.25, 0.3) is 0 Å². The molecule has 2 aromatic carbocycles. The summed E-state index contributed by atoms with van der Waals surface area (Å²) in [6, 6.07) is 20.7. The molecule has 0 spiro atoms. The van der Waals surface area contributed by atoms with Gasteiger partial charge < -0.3 is 15.4 Å². The van der Waals surface area contributed by atoms with E-state index in [9.17, 15) is 0 Å². The van der Waals surface area contributed by atoms with Gasteiger partial charge in [-0.05, 0) is 25.3 Å². The lowest BCUT2D eigenvalue weighted by Crippen LogP contribution is -2.20. The van der Waals surface area contributed by atoms with Crippen molar-refractivity contribution in [2.75, 3.05) is 23.8 Å². The maximum Gasteiger partial charge on any atom is 0.225 e. The van der Waals surface area contributed by atoms with Crippen LogP contribution in [0.3, 0.4) is 0 Å². The fourth-order valence-electron chi connectivity index (χ4n) is 3.40. The highest BCUT2D eigenvalue weighted by Gasteiger charge is 2.16. The van der Waals surface area contributed by atoms with Gasteiger partial charge in [-0.1, -0.05) is 60.2 Å². The number of ether oxygens (including phenoxy) is 1. The largest absolute Gasteiger partial charge is 0.376 e. The number of nitrogens with zero attached hydrogens (tertiary/aromatic N) is 2. The summed E-state index contributed by atoms with van der Waals surface area (Å²) < 4.78 is 5.70. The number of aryl methyl sites for hydroxylation is 1. The minimum Gasteiger partial charge on any atom is -0.376 e. The highest BCUT2D eigenvalue weighted by molar-refractivity contribution is 5.64. The Morgan fingerprint density at radius 2 is 1.89 bits per heavy atom. The second-order valence-corrected chi connectivity index (χ2v) is 7.19. The van der Waals surface area contributed by atoms with Gasteiger partial charge >= 0.3 is 0 Å². The second-order valence-electron chi connectivity index (χ2n) is 7.19. The van der Waals surface area contributed by atoms with Gasteiger partial charge in [0.05, 0.1) is 11.8 Å². The van der Waals surface area contributed by atoms with Gasteiger partial charge in [-0.25, -0.2) is 4.98 Å². The smallest absolute Gasteiger partial charge is 0.225 e. The Morgan fingerprint density at radius 1 is 1.00 bits per heavy atom. The molecule has 144 valence electrons. The predicted octanol–water partition coefficient (Wildman–Crippen LogP) is 4.66. The first kappa shape index (κ1) is 18.4. The van der Waals surface area contributed by atoms with Crippen LogP contribution in [0.4, 0.5) is 11.8 Å². The van der Waals surface area contributed by atoms with Crippen LogP contribution in [0.2, 0.25) is 0 Å². The standard InChI is InChI=1S/C23H26N4O/c1-17-7-5-8-18(13-17)15-24-22-14-21(19-9-3-2-4-10-19)26-23(27-22)25-16-20-11-6-12-28-20/h2-5,7-10,13-14,20H,6,11-12,15-16H2,1H3,(H2,24,25,26,27). The van der Waals surface area contributed by atoms with Gasteiger partial charge in [0.15, 0.2) is 0 Å². The van der Waals surface area contributed by atoms with Crippen LogP contribution >= 0.6 is 0 Å². The van der Waals surface area contributed by atoms with Gasteiger partial charge in [0, 0.05) is 31.3 Å². The SMILES string of the molecule is Cc1cccc(CNc2cc(-c3ccccc3)nc(NCC3CCCO3)n2)c1. The molecule has 3 aromatic rings. The Bertz CT molecular complexity index is 907. The molecule has 5 heteroatoms. The summed E-state index contributed by atoms with van der Waals surface area (Å²) in [4.78, 5) is 9.38. The van der Waals surface area contributed by atoms with E-state index in [1.807, 2.05) is 24.3 Å². The zero-order valence-corrected chi connectivity index (χ0v) is 16.2. The molecule has 0 aliphatic carbocycles. The Hall–Kier alpha value is -2.92. The molecule has 0 bridgehead atoms. The maximum atomic E-state index is 5.70. The molecule has 5 nitrogen and oxygen atoms in total. The highest BCUT2D eigenvalue weighted by atomic mass is 16.5.